The van der Waals surface area contributed by atoms with Gasteiger partial charge in [-0.3, -0.25) is 4.98 Å². The van der Waals surface area contributed by atoms with E-state index in [4.69, 9.17) is 11.6 Å². The van der Waals surface area contributed by atoms with Crippen LogP contribution < -0.4 is 0 Å². The maximum absolute atomic E-state index is 12.8. The van der Waals surface area contributed by atoms with Crippen LogP contribution in [0.2, 0.25) is 5.02 Å². The molecule has 0 aliphatic rings. The molecule has 5 nitrogen and oxygen atoms in total. The van der Waals surface area contributed by atoms with Gasteiger partial charge >= 0.3 is 6.18 Å². The standard InChI is InChI=1S/C15H12ClF3N2O3S/c1-24-21-9-13(25(22,23)11-5-3-2-4-6-11)14-12(16)7-10(8-20-14)15(17,18)19/h2-9,13H,1H3. The highest BCUT2D eigenvalue weighted by atomic mass is 35.5. The van der Waals surface area contributed by atoms with Crippen LogP contribution in [0.3, 0.4) is 0 Å². The van der Waals surface area contributed by atoms with Crippen LogP contribution in [0.4, 0.5) is 13.2 Å². The van der Waals surface area contributed by atoms with Crippen molar-refractivity contribution in [3.8, 4) is 0 Å². The molecule has 0 aliphatic carbocycles. The molecule has 134 valence electrons. The molecule has 2 aromatic rings. The van der Waals surface area contributed by atoms with E-state index in [0.29, 0.717) is 12.3 Å². The third-order valence-corrected chi connectivity index (χ3v) is 5.42. The van der Waals surface area contributed by atoms with Gasteiger partial charge in [0.2, 0.25) is 0 Å². The largest absolute Gasteiger partial charge is 0.417 e. The topological polar surface area (TPSA) is 68.6 Å². The van der Waals surface area contributed by atoms with Gasteiger partial charge in [0, 0.05) is 6.20 Å². The van der Waals surface area contributed by atoms with E-state index < -0.39 is 31.8 Å². The third kappa shape index (κ3) is 4.29. The Kier molecular flexibility index (Phi) is 5.69. The van der Waals surface area contributed by atoms with Crippen molar-refractivity contribution >= 4 is 27.7 Å². The lowest BCUT2D eigenvalue weighted by Crippen LogP contribution is -2.18. The highest BCUT2D eigenvalue weighted by Gasteiger charge is 2.35. The normalized spacial score (nSPS) is 13.8. The van der Waals surface area contributed by atoms with Gasteiger partial charge in [0.25, 0.3) is 0 Å². The summed E-state index contributed by atoms with van der Waals surface area (Å²) in [5.41, 5.74) is -1.36. The summed E-state index contributed by atoms with van der Waals surface area (Å²) in [6.07, 6.45) is -3.21. The van der Waals surface area contributed by atoms with Crippen molar-refractivity contribution in [2.24, 2.45) is 5.16 Å². The summed E-state index contributed by atoms with van der Waals surface area (Å²) in [6.45, 7) is 0. The molecule has 1 aromatic heterocycles. The maximum atomic E-state index is 12.8. The maximum Gasteiger partial charge on any atom is 0.417 e. The number of oxime groups is 1. The minimum atomic E-state index is -4.65. The molecule has 0 radical (unpaired) electrons. The average molecular weight is 393 g/mol. The van der Waals surface area contributed by atoms with Gasteiger partial charge in [-0.15, -0.1) is 0 Å². The number of aromatic nitrogens is 1. The minimum absolute atomic E-state index is 0.0553. The molecule has 25 heavy (non-hydrogen) atoms. The summed E-state index contributed by atoms with van der Waals surface area (Å²) < 4.78 is 63.8. The lowest BCUT2D eigenvalue weighted by Gasteiger charge is -2.15. The van der Waals surface area contributed by atoms with E-state index in [0.717, 1.165) is 6.21 Å². The van der Waals surface area contributed by atoms with E-state index in [-0.39, 0.29) is 10.6 Å². The molecule has 1 atom stereocenters. The Morgan fingerprint density at radius 3 is 2.44 bits per heavy atom. The van der Waals surface area contributed by atoms with E-state index in [1.165, 1.54) is 31.4 Å². The van der Waals surface area contributed by atoms with Crippen molar-refractivity contribution in [1.29, 1.82) is 0 Å². The zero-order valence-corrected chi connectivity index (χ0v) is 14.3. The van der Waals surface area contributed by atoms with Crippen molar-refractivity contribution < 1.29 is 26.4 Å². The highest BCUT2D eigenvalue weighted by Crippen LogP contribution is 2.35. The van der Waals surface area contributed by atoms with Gasteiger partial charge in [0.15, 0.2) is 9.84 Å². The van der Waals surface area contributed by atoms with Crippen LogP contribution in [-0.4, -0.2) is 26.7 Å². The van der Waals surface area contributed by atoms with Crippen molar-refractivity contribution in [3.63, 3.8) is 0 Å². The van der Waals surface area contributed by atoms with Crippen molar-refractivity contribution in [2.45, 2.75) is 16.3 Å². The van der Waals surface area contributed by atoms with Gasteiger partial charge in [-0.1, -0.05) is 35.0 Å². The molecule has 0 fully saturated rings. The number of benzene rings is 1. The molecular weight excluding hydrogens is 381 g/mol. The summed E-state index contributed by atoms with van der Waals surface area (Å²) in [5, 5.41) is 1.48. The second kappa shape index (κ2) is 7.40. The zero-order valence-electron chi connectivity index (χ0n) is 12.7. The van der Waals surface area contributed by atoms with Crippen molar-refractivity contribution in [1.82, 2.24) is 4.98 Å². The fourth-order valence-electron chi connectivity index (χ4n) is 1.98. The molecule has 0 aliphatic heterocycles. The average Bonchev–Trinajstić information content (AvgIpc) is 2.56. The Hall–Kier alpha value is -2.13. The number of hydrogen-bond acceptors (Lipinski definition) is 5. The van der Waals surface area contributed by atoms with Gasteiger partial charge in [-0.25, -0.2) is 8.42 Å². The summed E-state index contributed by atoms with van der Waals surface area (Å²) >= 11 is 5.87. The van der Waals surface area contributed by atoms with Crippen LogP contribution in [-0.2, 0) is 20.9 Å². The van der Waals surface area contributed by atoms with Crippen molar-refractivity contribution in [3.05, 3.63) is 58.9 Å². The van der Waals surface area contributed by atoms with Gasteiger partial charge in [0.1, 0.15) is 12.4 Å². The Morgan fingerprint density at radius 1 is 1.28 bits per heavy atom. The summed E-state index contributed by atoms with van der Waals surface area (Å²) in [6, 6.07) is 7.97. The molecule has 0 spiro atoms. The van der Waals surface area contributed by atoms with Crippen LogP contribution in [0.15, 0.2) is 52.6 Å². The highest BCUT2D eigenvalue weighted by molar-refractivity contribution is 7.92. The predicted octanol–water partition coefficient (Wildman–Crippen LogP) is 3.90. The number of pyridine rings is 1. The van der Waals surface area contributed by atoms with Gasteiger partial charge < -0.3 is 4.84 Å². The Balaban J connectivity index is 2.58. The molecule has 2 rings (SSSR count). The smallest absolute Gasteiger partial charge is 0.399 e. The van der Waals surface area contributed by atoms with Crippen LogP contribution in [0.25, 0.3) is 0 Å². The van der Waals surface area contributed by atoms with E-state index in [2.05, 4.69) is 15.0 Å². The molecule has 0 saturated heterocycles. The minimum Gasteiger partial charge on any atom is -0.399 e. The Bertz CT molecular complexity index is 871. The summed E-state index contributed by atoms with van der Waals surface area (Å²) in [5.74, 6) is 0. The molecule has 1 unspecified atom stereocenters. The first-order valence-electron chi connectivity index (χ1n) is 6.76. The molecular formula is C15H12ClF3N2O3S. The quantitative estimate of drug-likeness (QED) is 0.571. The molecule has 1 heterocycles. The molecule has 0 bridgehead atoms. The Morgan fingerprint density at radius 2 is 1.92 bits per heavy atom. The van der Waals surface area contributed by atoms with E-state index in [9.17, 15) is 21.6 Å². The van der Waals surface area contributed by atoms with E-state index >= 15 is 0 Å². The van der Waals surface area contributed by atoms with Crippen LogP contribution in [0.1, 0.15) is 16.5 Å². The predicted molar refractivity (Wildman–Crippen MR) is 86.1 cm³/mol. The van der Waals surface area contributed by atoms with Gasteiger partial charge in [0.05, 0.1) is 27.4 Å². The Labute approximate surface area is 147 Å². The number of halogens is 4. The molecule has 0 amide bonds. The number of sulfone groups is 1. The SMILES string of the molecule is CON=CC(c1ncc(C(F)(F)F)cc1Cl)S(=O)(=O)c1ccccc1. The zero-order chi connectivity index (χ0) is 18.7. The van der Waals surface area contributed by atoms with Gasteiger partial charge in [-0.05, 0) is 18.2 Å². The number of alkyl halides is 3. The fourth-order valence-corrected chi connectivity index (χ4v) is 3.85. The number of rotatable bonds is 5. The third-order valence-electron chi connectivity index (χ3n) is 3.17. The number of hydrogen-bond donors (Lipinski definition) is 0. The second-order valence-corrected chi connectivity index (χ2v) is 7.28. The first kappa shape index (κ1) is 19.2. The van der Waals surface area contributed by atoms with Gasteiger partial charge in [-0.2, -0.15) is 13.2 Å². The first-order chi connectivity index (χ1) is 11.7. The summed E-state index contributed by atoms with van der Waals surface area (Å²) in [7, 11) is -2.86. The lowest BCUT2D eigenvalue weighted by atomic mass is 10.2. The van der Waals surface area contributed by atoms with Crippen molar-refractivity contribution in [2.75, 3.05) is 7.11 Å². The molecule has 0 N–H and O–H groups in total. The molecule has 10 heteroatoms. The lowest BCUT2D eigenvalue weighted by molar-refractivity contribution is -0.137. The first-order valence-corrected chi connectivity index (χ1v) is 8.68. The van der Waals surface area contributed by atoms with E-state index in [1.807, 2.05) is 0 Å². The second-order valence-electron chi connectivity index (χ2n) is 4.80. The van der Waals surface area contributed by atoms with Crippen LogP contribution in [0, 0.1) is 0 Å². The van der Waals surface area contributed by atoms with Crippen LogP contribution in [0.5, 0.6) is 0 Å². The van der Waals surface area contributed by atoms with Crippen LogP contribution >= 0.6 is 11.6 Å². The fraction of sp³-hybridized carbons (Fsp3) is 0.200. The van der Waals surface area contributed by atoms with E-state index in [1.54, 1.807) is 6.07 Å². The molecule has 1 aromatic carbocycles. The molecule has 0 saturated carbocycles. The monoisotopic (exact) mass is 392 g/mol. The number of nitrogens with zero attached hydrogens (tertiary/aromatic N) is 2. The summed E-state index contributed by atoms with van der Waals surface area (Å²) in [4.78, 5) is 8.05.